The van der Waals surface area contributed by atoms with Gasteiger partial charge in [-0.2, -0.15) is 0 Å². The third kappa shape index (κ3) is 4.53. The van der Waals surface area contributed by atoms with Crippen LogP contribution in [0.2, 0.25) is 0 Å². The Hall–Kier alpha value is -3.19. The standard InChI is InChI=1S/C25H27N3O3S/c1-16-6-11-20(31-3)13-21(16)25(30)28-12-4-5-22(28)24(29)26-14-18-7-9-19(10-8-18)23-17(2)27-15-32-23/h6-11,13,15,22H,4-5,12,14H2,1-3H3,(H,26,29)/t22-/m0/s1. The maximum Gasteiger partial charge on any atom is 0.254 e. The van der Waals surface area contributed by atoms with E-state index in [9.17, 15) is 9.59 Å². The minimum atomic E-state index is -0.452. The number of hydrogen-bond donors (Lipinski definition) is 1. The van der Waals surface area contributed by atoms with E-state index >= 15 is 0 Å². The second-order valence-electron chi connectivity index (χ2n) is 8.02. The number of aryl methyl sites for hydroxylation is 2. The fraction of sp³-hybridized carbons (Fsp3) is 0.320. The van der Waals surface area contributed by atoms with E-state index in [0.29, 0.717) is 30.8 Å². The number of amides is 2. The van der Waals surface area contributed by atoms with Gasteiger partial charge in [-0.15, -0.1) is 11.3 Å². The molecular weight excluding hydrogens is 422 g/mol. The van der Waals surface area contributed by atoms with Gasteiger partial charge in [0.2, 0.25) is 5.91 Å². The average Bonchev–Trinajstić information content (AvgIpc) is 3.47. The van der Waals surface area contributed by atoms with E-state index in [2.05, 4.69) is 22.4 Å². The number of nitrogens with zero attached hydrogens (tertiary/aromatic N) is 2. The van der Waals surface area contributed by atoms with Gasteiger partial charge in [0, 0.05) is 18.7 Å². The van der Waals surface area contributed by atoms with Crippen LogP contribution >= 0.6 is 11.3 Å². The van der Waals surface area contributed by atoms with Crippen LogP contribution in [0.25, 0.3) is 10.4 Å². The van der Waals surface area contributed by atoms with Crippen LogP contribution in [0.4, 0.5) is 0 Å². The summed E-state index contributed by atoms with van der Waals surface area (Å²) in [6.07, 6.45) is 1.49. The molecule has 4 rings (SSSR count). The Morgan fingerprint density at radius 1 is 1.19 bits per heavy atom. The van der Waals surface area contributed by atoms with Crippen molar-refractivity contribution in [2.45, 2.75) is 39.3 Å². The third-order valence-electron chi connectivity index (χ3n) is 5.92. The summed E-state index contributed by atoms with van der Waals surface area (Å²) in [5.41, 5.74) is 6.47. The maximum absolute atomic E-state index is 13.2. The largest absolute Gasteiger partial charge is 0.497 e. The summed E-state index contributed by atoms with van der Waals surface area (Å²) in [6, 6.07) is 13.1. The first-order valence-electron chi connectivity index (χ1n) is 10.7. The van der Waals surface area contributed by atoms with Gasteiger partial charge in [0.15, 0.2) is 0 Å². The van der Waals surface area contributed by atoms with Gasteiger partial charge >= 0.3 is 0 Å². The van der Waals surface area contributed by atoms with E-state index in [4.69, 9.17) is 4.74 Å². The molecule has 1 aliphatic rings. The molecule has 1 saturated heterocycles. The molecule has 3 aromatic rings. The van der Waals surface area contributed by atoms with Gasteiger partial charge in [-0.25, -0.2) is 4.98 Å². The van der Waals surface area contributed by atoms with Gasteiger partial charge in [-0.3, -0.25) is 9.59 Å². The van der Waals surface area contributed by atoms with Crippen LogP contribution in [0, 0.1) is 13.8 Å². The molecule has 2 aromatic carbocycles. The number of methoxy groups -OCH3 is 1. The zero-order valence-corrected chi connectivity index (χ0v) is 19.4. The fourth-order valence-corrected chi connectivity index (χ4v) is 4.87. The van der Waals surface area contributed by atoms with Gasteiger partial charge in [0.25, 0.3) is 5.91 Å². The molecule has 166 valence electrons. The SMILES string of the molecule is COc1ccc(C)c(C(=O)N2CCC[C@H]2C(=O)NCc2ccc(-c3scnc3C)cc2)c1. The van der Waals surface area contributed by atoms with Crippen LogP contribution in [-0.2, 0) is 11.3 Å². The number of nitrogens with one attached hydrogen (secondary N) is 1. The topological polar surface area (TPSA) is 71.5 Å². The lowest BCUT2D eigenvalue weighted by atomic mass is 10.1. The summed E-state index contributed by atoms with van der Waals surface area (Å²) in [7, 11) is 1.58. The van der Waals surface area contributed by atoms with E-state index < -0.39 is 6.04 Å². The van der Waals surface area contributed by atoms with E-state index in [0.717, 1.165) is 33.7 Å². The van der Waals surface area contributed by atoms with E-state index in [-0.39, 0.29) is 11.8 Å². The van der Waals surface area contributed by atoms with E-state index in [1.807, 2.05) is 43.6 Å². The van der Waals surface area contributed by atoms with E-state index in [1.165, 1.54) is 0 Å². The number of carbonyl (C=O) groups is 2. The fourth-order valence-electron chi connectivity index (χ4n) is 4.06. The number of aromatic nitrogens is 1. The molecule has 32 heavy (non-hydrogen) atoms. The molecule has 0 bridgehead atoms. The van der Waals surface area contributed by atoms with Gasteiger partial charge in [-0.1, -0.05) is 30.3 Å². The lowest BCUT2D eigenvalue weighted by Gasteiger charge is -2.25. The van der Waals surface area contributed by atoms with E-state index in [1.54, 1.807) is 29.4 Å². The van der Waals surface area contributed by atoms with Crippen LogP contribution in [0.5, 0.6) is 5.75 Å². The molecule has 1 N–H and O–H groups in total. The van der Waals surface area contributed by atoms with Crippen molar-refractivity contribution in [3.05, 3.63) is 70.4 Å². The summed E-state index contributed by atoms with van der Waals surface area (Å²) < 4.78 is 5.27. The van der Waals surface area contributed by atoms with Gasteiger partial charge in [0.1, 0.15) is 11.8 Å². The number of thiazole rings is 1. The quantitative estimate of drug-likeness (QED) is 0.607. The Morgan fingerprint density at radius 3 is 2.66 bits per heavy atom. The predicted octanol–water partition coefficient (Wildman–Crippen LogP) is 4.36. The van der Waals surface area contributed by atoms with Gasteiger partial charge in [0.05, 0.1) is 23.2 Å². The Balaban J connectivity index is 1.41. The van der Waals surface area contributed by atoms with Crippen LogP contribution in [0.3, 0.4) is 0 Å². The summed E-state index contributed by atoms with van der Waals surface area (Å²) >= 11 is 1.62. The zero-order chi connectivity index (χ0) is 22.7. The van der Waals surface area contributed by atoms with Crippen LogP contribution in [0.1, 0.15) is 40.0 Å². The number of carbonyl (C=O) groups excluding carboxylic acids is 2. The third-order valence-corrected chi connectivity index (χ3v) is 6.90. The van der Waals surface area contributed by atoms with Crippen LogP contribution < -0.4 is 10.1 Å². The van der Waals surface area contributed by atoms with Crippen molar-refractivity contribution in [2.24, 2.45) is 0 Å². The maximum atomic E-state index is 13.2. The molecule has 2 heterocycles. The van der Waals surface area contributed by atoms with Crippen LogP contribution in [0.15, 0.2) is 48.0 Å². The summed E-state index contributed by atoms with van der Waals surface area (Å²) in [6.45, 7) is 4.91. The monoisotopic (exact) mass is 449 g/mol. The molecular formula is C25H27N3O3S. The average molecular weight is 450 g/mol. The molecule has 0 aliphatic carbocycles. The number of likely N-dealkylation sites (tertiary alicyclic amines) is 1. The number of hydrogen-bond acceptors (Lipinski definition) is 5. The lowest BCUT2D eigenvalue weighted by molar-refractivity contribution is -0.125. The minimum absolute atomic E-state index is 0.112. The van der Waals surface area contributed by atoms with Crippen LogP contribution in [-0.4, -0.2) is 41.4 Å². The van der Waals surface area contributed by atoms with Crippen molar-refractivity contribution in [3.63, 3.8) is 0 Å². The summed E-state index contributed by atoms with van der Waals surface area (Å²) in [4.78, 5) is 33.3. The van der Waals surface area contributed by atoms with Gasteiger partial charge < -0.3 is 15.0 Å². The Kier molecular flexibility index (Phi) is 6.55. The molecule has 1 aliphatic heterocycles. The van der Waals surface area contributed by atoms with Gasteiger partial charge in [-0.05, 0) is 55.5 Å². The molecule has 0 spiro atoms. The first kappa shape index (κ1) is 22.0. The Labute approximate surface area is 192 Å². The highest BCUT2D eigenvalue weighted by Gasteiger charge is 2.35. The van der Waals surface area contributed by atoms with Crippen molar-refractivity contribution in [1.82, 2.24) is 15.2 Å². The highest BCUT2D eigenvalue weighted by molar-refractivity contribution is 7.13. The molecule has 1 aromatic heterocycles. The molecule has 2 amide bonds. The van der Waals surface area contributed by atoms with Crippen molar-refractivity contribution < 1.29 is 14.3 Å². The van der Waals surface area contributed by atoms with Crippen molar-refractivity contribution in [1.29, 1.82) is 0 Å². The first-order chi connectivity index (χ1) is 15.5. The second kappa shape index (κ2) is 9.53. The Bertz CT molecular complexity index is 1120. The molecule has 1 atom stereocenters. The smallest absolute Gasteiger partial charge is 0.254 e. The normalized spacial score (nSPS) is 15.6. The molecule has 0 saturated carbocycles. The molecule has 0 radical (unpaired) electrons. The van der Waals surface area contributed by atoms with Crippen molar-refractivity contribution >= 4 is 23.2 Å². The highest BCUT2D eigenvalue weighted by Crippen LogP contribution is 2.27. The zero-order valence-electron chi connectivity index (χ0n) is 18.6. The number of rotatable bonds is 6. The molecule has 6 nitrogen and oxygen atoms in total. The second-order valence-corrected chi connectivity index (χ2v) is 8.87. The molecule has 7 heteroatoms. The Morgan fingerprint density at radius 2 is 1.97 bits per heavy atom. The highest BCUT2D eigenvalue weighted by atomic mass is 32.1. The number of ether oxygens (including phenoxy) is 1. The summed E-state index contributed by atoms with van der Waals surface area (Å²) in [5.74, 6) is 0.401. The summed E-state index contributed by atoms with van der Waals surface area (Å²) in [5, 5.41) is 3.01. The minimum Gasteiger partial charge on any atom is -0.497 e. The van der Waals surface area contributed by atoms with Crippen molar-refractivity contribution in [2.75, 3.05) is 13.7 Å². The van der Waals surface area contributed by atoms with Crippen molar-refractivity contribution in [3.8, 4) is 16.2 Å². The first-order valence-corrected chi connectivity index (χ1v) is 11.6. The number of benzene rings is 2. The molecule has 1 fully saturated rings. The molecule has 0 unspecified atom stereocenters. The lowest BCUT2D eigenvalue weighted by Crippen LogP contribution is -2.45. The predicted molar refractivity (Wildman–Crippen MR) is 126 cm³/mol.